The highest BCUT2D eigenvalue weighted by Crippen LogP contribution is 2.27. The zero-order chi connectivity index (χ0) is 14.0. The molecule has 3 rings (SSSR count). The average Bonchev–Trinajstić information content (AvgIpc) is 2.88. The van der Waals surface area contributed by atoms with E-state index >= 15 is 0 Å². The molecule has 1 amide bonds. The highest BCUT2D eigenvalue weighted by Gasteiger charge is 2.50. The summed E-state index contributed by atoms with van der Waals surface area (Å²) in [6, 6.07) is 0.350. The van der Waals surface area contributed by atoms with Gasteiger partial charge in [-0.1, -0.05) is 0 Å². The Labute approximate surface area is 116 Å². The molecule has 0 spiro atoms. The normalized spacial score (nSPS) is 28.9. The van der Waals surface area contributed by atoms with Gasteiger partial charge in [0.1, 0.15) is 6.61 Å². The topological polar surface area (TPSA) is 89.5 Å². The molecule has 2 unspecified atom stereocenters. The van der Waals surface area contributed by atoms with E-state index in [2.05, 4.69) is 15.9 Å². The zero-order valence-corrected chi connectivity index (χ0v) is 11.4. The van der Waals surface area contributed by atoms with Gasteiger partial charge in [0.25, 0.3) is 11.9 Å². The van der Waals surface area contributed by atoms with Crippen LogP contribution in [0, 0.1) is 0 Å². The number of rotatable bonds is 3. The molecule has 0 aromatic carbocycles. The fraction of sp³-hybridized carbons (Fsp3) is 0.750. The van der Waals surface area contributed by atoms with Gasteiger partial charge in [-0.2, -0.15) is 0 Å². The maximum Gasteiger partial charge on any atom is 0.414 e. The first-order chi connectivity index (χ1) is 9.72. The van der Waals surface area contributed by atoms with Crippen LogP contribution in [0.3, 0.4) is 0 Å². The smallest absolute Gasteiger partial charge is 0.414 e. The highest BCUT2D eigenvalue weighted by molar-refractivity contribution is 5.82. The second-order valence-electron chi connectivity index (χ2n) is 5.14. The molecule has 2 atom stereocenters. The monoisotopic (exact) mass is 283 g/mol. The fourth-order valence-corrected chi connectivity index (χ4v) is 2.79. The maximum absolute atomic E-state index is 11.3. The van der Waals surface area contributed by atoms with E-state index in [0.29, 0.717) is 19.3 Å². The van der Waals surface area contributed by atoms with Crippen molar-refractivity contribution in [1.82, 2.24) is 10.6 Å². The third kappa shape index (κ3) is 2.48. The quantitative estimate of drug-likeness (QED) is 0.778. The van der Waals surface area contributed by atoms with Crippen LogP contribution in [0.5, 0.6) is 0 Å². The number of ether oxygens (including phenoxy) is 2. The molecule has 2 bridgehead atoms. The van der Waals surface area contributed by atoms with Crippen LogP contribution in [-0.4, -0.2) is 37.2 Å². The van der Waals surface area contributed by atoms with Crippen LogP contribution in [0.4, 0.5) is 10.7 Å². The minimum absolute atomic E-state index is 0.257. The molecule has 0 radical (unpaired) electrons. The molecular weight excluding hydrogens is 264 g/mol. The molecule has 0 saturated carbocycles. The van der Waals surface area contributed by atoms with E-state index in [1.54, 1.807) is 17.8 Å². The minimum Gasteiger partial charge on any atom is -0.450 e. The van der Waals surface area contributed by atoms with Gasteiger partial charge in [-0.15, -0.1) is 0 Å². The lowest BCUT2D eigenvalue weighted by Crippen LogP contribution is -2.74. The predicted octanol–water partition coefficient (Wildman–Crippen LogP) is 0.356. The van der Waals surface area contributed by atoms with Gasteiger partial charge in [0.15, 0.2) is 0 Å². The Morgan fingerprint density at radius 3 is 3.50 bits per heavy atom. The Morgan fingerprint density at radius 2 is 2.65 bits per heavy atom. The number of aromatic nitrogens is 2. The minimum atomic E-state index is -0.553. The van der Waals surface area contributed by atoms with Crippen LogP contribution in [0.2, 0.25) is 0 Å². The largest absolute Gasteiger partial charge is 0.450 e. The van der Waals surface area contributed by atoms with E-state index in [1.165, 1.54) is 0 Å². The van der Waals surface area contributed by atoms with Crippen molar-refractivity contribution < 1.29 is 23.5 Å². The van der Waals surface area contributed by atoms with E-state index < -0.39 is 6.09 Å². The summed E-state index contributed by atoms with van der Waals surface area (Å²) in [6.45, 7) is 3.32. The summed E-state index contributed by atoms with van der Waals surface area (Å²) in [5.41, 5.74) is -0.376. The number of morpholine rings is 1. The Hall–Kier alpha value is -1.67. The molecule has 0 aliphatic carbocycles. The van der Waals surface area contributed by atoms with E-state index in [4.69, 9.17) is 14.0 Å². The number of nitrogens with one attached hydrogen (secondary N) is 2. The van der Waals surface area contributed by atoms with Crippen LogP contribution in [0.1, 0.15) is 26.2 Å². The lowest BCUT2D eigenvalue weighted by atomic mass is 9.92. The van der Waals surface area contributed by atoms with Crippen molar-refractivity contribution in [1.29, 1.82) is 0 Å². The second kappa shape index (κ2) is 5.37. The molecule has 3 heterocycles. The molecule has 110 valence electrons. The van der Waals surface area contributed by atoms with Crippen molar-refractivity contribution in [3.05, 3.63) is 6.20 Å². The van der Waals surface area contributed by atoms with Crippen LogP contribution in [0.15, 0.2) is 10.7 Å². The number of carbonyl (C=O) groups excluding carboxylic acids is 1. The van der Waals surface area contributed by atoms with E-state index in [9.17, 15) is 4.79 Å². The molecule has 20 heavy (non-hydrogen) atoms. The number of nitrogens with zero attached hydrogens (tertiary/aromatic N) is 2. The summed E-state index contributed by atoms with van der Waals surface area (Å²) in [7, 11) is 0. The summed E-state index contributed by atoms with van der Waals surface area (Å²) in [4.78, 5) is 11.3. The first-order valence-corrected chi connectivity index (χ1v) is 6.90. The summed E-state index contributed by atoms with van der Waals surface area (Å²) >= 11 is 0. The van der Waals surface area contributed by atoms with Gasteiger partial charge in [0.05, 0.1) is 13.2 Å². The van der Waals surface area contributed by atoms with Gasteiger partial charge in [-0.3, -0.25) is 9.84 Å². The number of anilines is 1. The zero-order valence-electron chi connectivity index (χ0n) is 11.4. The van der Waals surface area contributed by atoms with E-state index in [0.717, 1.165) is 25.9 Å². The molecule has 2 aliphatic heterocycles. The van der Waals surface area contributed by atoms with Crippen LogP contribution >= 0.6 is 0 Å². The third-order valence-electron chi connectivity index (χ3n) is 3.68. The van der Waals surface area contributed by atoms with Crippen molar-refractivity contribution in [2.45, 2.75) is 37.9 Å². The highest BCUT2D eigenvalue weighted by atomic mass is 16.6. The fourth-order valence-electron chi connectivity index (χ4n) is 2.79. The molecule has 1 aromatic rings. The molecular formula is C12H19N4O4+. The number of carbonyl (C=O) groups is 1. The molecule has 8 nitrogen and oxygen atoms in total. The molecule has 1 aromatic heterocycles. The molecule has 2 saturated heterocycles. The van der Waals surface area contributed by atoms with E-state index in [-0.39, 0.29) is 11.5 Å². The number of piperidine rings is 1. The molecule has 2 N–H and O–H groups in total. The van der Waals surface area contributed by atoms with Gasteiger partial charge in [0.2, 0.25) is 5.27 Å². The van der Waals surface area contributed by atoms with Crippen LogP contribution in [0.25, 0.3) is 0 Å². The summed E-state index contributed by atoms with van der Waals surface area (Å²) in [5, 5.41) is 10.0. The van der Waals surface area contributed by atoms with Crippen molar-refractivity contribution in [2.24, 2.45) is 0 Å². The van der Waals surface area contributed by atoms with Gasteiger partial charge in [-0.25, -0.2) is 10.1 Å². The molecule has 2 fully saturated rings. The van der Waals surface area contributed by atoms with Crippen LogP contribution in [-0.2, 0) is 15.1 Å². The number of hydrogen-bond acceptors (Lipinski definition) is 6. The maximum atomic E-state index is 11.3. The molecule has 8 heteroatoms. The van der Waals surface area contributed by atoms with Crippen molar-refractivity contribution in [3.63, 3.8) is 0 Å². The Morgan fingerprint density at radius 1 is 1.75 bits per heavy atom. The van der Waals surface area contributed by atoms with Crippen molar-refractivity contribution in [2.75, 3.05) is 25.1 Å². The van der Waals surface area contributed by atoms with E-state index in [1.807, 2.05) is 0 Å². The number of fused-ring (bicyclic) bond motifs is 2. The van der Waals surface area contributed by atoms with Gasteiger partial charge in [0, 0.05) is 12.5 Å². The predicted molar refractivity (Wildman–Crippen MR) is 66.9 cm³/mol. The number of amides is 1. The summed E-state index contributed by atoms with van der Waals surface area (Å²) in [5.74, 6) is 0.257. The van der Waals surface area contributed by atoms with Crippen LogP contribution < -0.4 is 15.3 Å². The first kappa shape index (κ1) is 13.3. The second-order valence-corrected chi connectivity index (χ2v) is 5.14. The lowest BCUT2D eigenvalue weighted by molar-refractivity contribution is -0.834. The standard InChI is InChI=1S/C12H18N4O4/c1-2-19-11(17)13-10-6-16(15-20-10)12-5-3-4-9(14-12)7-18-8-12/h6,9,14H,2-5,7-8H2,1H3/p+1. The first-order valence-electron chi connectivity index (χ1n) is 6.90. The number of hydrogen-bond donors (Lipinski definition) is 2. The van der Waals surface area contributed by atoms with Gasteiger partial charge >= 0.3 is 12.0 Å². The van der Waals surface area contributed by atoms with Crippen molar-refractivity contribution >= 4 is 12.0 Å². The summed E-state index contributed by atoms with van der Waals surface area (Å²) in [6.07, 6.45) is 4.23. The Kier molecular flexibility index (Phi) is 3.58. The molecule has 2 aliphatic rings. The Balaban J connectivity index is 1.74. The van der Waals surface area contributed by atoms with Gasteiger partial charge < -0.3 is 9.47 Å². The third-order valence-corrected chi connectivity index (χ3v) is 3.68. The Bertz CT molecular complexity index is 480. The SMILES string of the molecule is CCOC(=O)Nc1c[n+](C23CCCC(COC2)N3)no1. The van der Waals surface area contributed by atoms with Gasteiger partial charge in [-0.05, 0) is 24.4 Å². The summed E-state index contributed by atoms with van der Waals surface area (Å²) < 4.78 is 17.3. The average molecular weight is 283 g/mol. The van der Waals surface area contributed by atoms with Crippen molar-refractivity contribution in [3.8, 4) is 0 Å². The lowest BCUT2D eigenvalue weighted by Gasteiger charge is -2.39.